The number of carbonyl (C=O) groups excluding carboxylic acids is 1. The molecule has 2 unspecified atom stereocenters. The molecule has 0 radical (unpaired) electrons. The number of aliphatic carboxylic acids is 1. The predicted molar refractivity (Wildman–Crippen MR) is 67.2 cm³/mol. The number of hydrogen-bond donors (Lipinski definition) is 1. The molecule has 1 heterocycles. The normalized spacial score (nSPS) is 21.4. The number of rotatable bonds is 6. The second-order valence-electron chi connectivity index (χ2n) is 4.55. The fourth-order valence-electron chi connectivity index (χ4n) is 2.04. The third kappa shape index (κ3) is 4.14. The molecule has 0 aromatic heterocycles. The number of likely N-dealkylation sites (tertiary alicyclic amines) is 1. The van der Waals surface area contributed by atoms with E-state index >= 15 is 0 Å². The summed E-state index contributed by atoms with van der Waals surface area (Å²) in [6.45, 7) is 6.67. The minimum Gasteiger partial charge on any atom is -0.481 e. The largest absolute Gasteiger partial charge is 0.481 e. The van der Waals surface area contributed by atoms with Crippen LogP contribution in [0.2, 0.25) is 0 Å². The number of piperidine rings is 1. The summed E-state index contributed by atoms with van der Waals surface area (Å²) in [5, 5.41) is 8.97. The van der Waals surface area contributed by atoms with Gasteiger partial charge in [-0.1, -0.05) is 6.08 Å². The summed E-state index contributed by atoms with van der Waals surface area (Å²) < 4.78 is 5.38. The number of ether oxygens (including phenoxy) is 1. The second-order valence-corrected chi connectivity index (χ2v) is 4.55. The predicted octanol–water partition coefficient (Wildman–Crippen LogP) is 1.29. The zero-order chi connectivity index (χ0) is 13.5. The van der Waals surface area contributed by atoms with Crippen LogP contribution in [-0.2, 0) is 14.3 Å². The number of carbonyl (C=O) groups is 2. The van der Waals surface area contributed by atoms with Gasteiger partial charge in [-0.05, 0) is 26.2 Å². The van der Waals surface area contributed by atoms with E-state index in [-0.39, 0.29) is 5.91 Å². The van der Waals surface area contributed by atoms with Gasteiger partial charge in [0.1, 0.15) is 6.10 Å². The highest BCUT2D eigenvalue weighted by Crippen LogP contribution is 2.17. The Morgan fingerprint density at radius 2 is 2.33 bits per heavy atom. The van der Waals surface area contributed by atoms with Crippen molar-refractivity contribution < 1.29 is 19.4 Å². The van der Waals surface area contributed by atoms with Crippen molar-refractivity contribution in [2.45, 2.75) is 32.3 Å². The first-order valence-electron chi connectivity index (χ1n) is 6.30. The molecule has 18 heavy (non-hydrogen) atoms. The maximum Gasteiger partial charge on any atom is 0.308 e. The van der Waals surface area contributed by atoms with Crippen molar-refractivity contribution in [3.05, 3.63) is 12.7 Å². The average Bonchev–Trinajstić information content (AvgIpc) is 2.38. The summed E-state index contributed by atoms with van der Waals surface area (Å²) in [5.74, 6) is -1.39. The number of hydrogen-bond acceptors (Lipinski definition) is 3. The van der Waals surface area contributed by atoms with E-state index in [1.807, 2.05) is 0 Å². The maximum atomic E-state index is 12.0. The van der Waals surface area contributed by atoms with Gasteiger partial charge < -0.3 is 14.7 Å². The van der Waals surface area contributed by atoms with Gasteiger partial charge in [0, 0.05) is 13.1 Å². The first kappa shape index (κ1) is 14.7. The van der Waals surface area contributed by atoms with Gasteiger partial charge in [-0.15, -0.1) is 6.58 Å². The van der Waals surface area contributed by atoms with Gasteiger partial charge in [0.25, 0.3) is 5.91 Å². The van der Waals surface area contributed by atoms with E-state index in [0.29, 0.717) is 32.5 Å². The Morgan fingerprint density at radius 3 is 2.94 bits per heavy atom. The van der Waals surface area contributed by atoms with Crippen molar-refractivity contribution in [3.8, 4) is 0 Å². The van der Waals surface area contributed by atoms with Crippen LogP contribution in [0.4, 0.5) is 0 Å². The van der Waals surface area contributed by atoms with Gasteiger partial charge in [-0.3, -0.25) is 9.59 Å². The monoisotopic (exact) mass is 255 g/mol. The molecule has 1 fully saturated rings. The molecular formula is C13H21NO4. The van der Waals surface area contributed by atoms with Gasteiger partial charge in [0.2, 0.25) is 0 Å². The Labute approximate surface area is 107 Å². The van der Waals surface area contributed by atoms with Crippen molar-refractivity contribution >= 4 is 11.9 Å². The third-order valence-corrected chi connectivity index (χ3v) is 3.12. The van der Waals surface area contributed by atoms with Gasteiger partial charge >= 0.3 is 5.97 Å². The van der Waals surface area contributed by atoms with Crippen LogP contribution in [0.3, 0.4) is 0 Å². The molecule has 1 amide bonds. The minimum atomic E-state index is -0.826. The number of carboxylic acid groups (broad SMARTS) is 1. The molecule has 102 valence electrons. The quantitative estimate of drug-likeness (QED) is 0.573. The van der Waals surface area contributed by atoms with E-state index in [2.05, 4.69) is 6.58 Å². The van der Waals surface area contributed by atoms with Crippen LogP contribution < -0.4 is 0 Å². The van der Waals surface area contributed by atoms with Gasteiger partial charge in [0.15, 0.2) is 0 Å². The molecule has 0 aliphatic carbocycles. The van der Waals surface area contributed by atoms with E-state index < -0.39 is 18.0 Å². The molecule has 5 heteroatoms. The fourth-order valence-corrected chi connectivity index (χ4v) is 2.04. The summed E-state index contributed by atoms with van der Waals surface area (Å²) in [6.07, 6.45) is 3.30. The summed E-state index contributed by atoms with van der Waals surface area (Å²) in [5.41, 5.74) is 0. The van der Waals surface area contributed by atoms with Crippen molar-refractivity contribution in [1.29, 1.82) is 0 Å². The standard InChI is InChI=1S/C13H21NO4/c1-3-4-8-18-10(2)12(15)14-7-5-6-11(9-14)13(16)17/h3,10-11H,1,4-9H2,2H3,(H,16,17). The molecule has 0 saturated carbocycles. The fraction of sp³-hybridized carbons (Fsp3) is 0.692. The molecule has 1 aliphatic heterocycles. The second kappa shape index (κ2) is 7.16. The lowest BCUT2D eigenvalue weighted by Crippen LogP contribution is -2.46. The van der Waals surface area contributed by atoms with E-state index in [0.717, 1.165) is 6.42 Å². The van der Waals surface area contributed by atoms with Crippen molar-refractivity contribution in [3.63, 3.8) is 0 Å². The molecule has 1 aliphatic rings. The zero-order valence-corrected chi connectivity index (χ0v) is 10.8. The molecular weight excluding hydrogens is 234 g/mol. The number of nitrogens with zero attached hydrogens (tertiary/aromatic N) is 1. The topological polar surface area (TPSA) is 66.8 Å². The van der Waals surface area contributed by atoms with Crippen LogP contribution in [-0.4, -0.2) is 47.7 Å². The molecule has 0 spiro atoms. The van der Waals surface area contributed by atoms with Crippen LogP contribution in [0.15, 0.2) is 12.7 Å². The van der Waals surface area contributed by atoms with Gasteiger partial charge in [-0.2, -0.15) is 0 Å². The highest BCUT2D eigenvalue weighted by Gasteiger charge is 2.30. The molecule has 2 atom stereocenters. The number of amides is 1. The van der Waals surface area contributed by atoms with E-state index in [4.69, 9.17) is 9.84 Å². The summed E-state index contributed by atoms with van der Waals surface area (Å²) >= 11 is 0. The first-order valence-corrected chi connectivity index (χ1v) is 6.30. The van der Waals surface area contributed by atoms with Crippen molar-refractivity contribution in [2.75, 3.05) is 19.7 Å². The molecule has 1 saturated heterocycles. The Kier molecular flexibility index (Phi) is 5.85. The lowest BCUT2D eigenvalue weighted by molar-refractivity contribution is -0.149. The smallest absolute Gasteiger partial charge is 0.308 e. The van der Waals surface area contributed by atoms with Gasteiger partial charge in [0.05, 0.1) is 12.5 Å². The molecule has 0 aromatic rings. The average molecular weight is 255 g/mol. The van der Waals surface area contributed by atoms with Crippen LogP contribution in [0.25, 0.3) is 0 Å². The Bertz CT molecular complexity index is 316. The van der Waals surface area contributed by atoms with E-state index in [1.165, 1.54) is 0 Å². The molecule has 0 bridgehead atoms. The van der Waals surface area contributed by atoms with Crippen LogP contribution in [0, 0.1) is 5.92 Å². The minimum absolute atomic E-state index is 0.120. The number of carboxylic acids is 1. The Hall–Kier alpha value is -1.36. The maximum absolute atomic E-state index is 12.0. The first-order chi connectivity index (χ1) is 8.56. The highest BCUT2D eigenvalue weighted by molar-refractivity contribution is 5.81. The summed E-state index contributed by atoms with van der Waals surface area (Å²) in [6, 6.07) is 0. The lowest BCUT2D eigenvalue weighted by Gasteiger charge is -2.32. The Morgan fingerprint density at radius 1 is 1.61 bits per heavy atom. The summed E-state index contributed by atoms with van der Waals surface area (Å²) in [4.78, 5) is 24.6. The SMILES string of the molecule is C=CCCOC(C)C(=O)N1CCCC(C(=O)O)C1. The van der Waals surface area contributed by atoms with Crippen LogP contribution in [0.5, 0.6) is 0 Å². The van der Waals surface area contributed by atoms with Crippen LogP contribution in [0.1, 0.15) is 26.2 Å². The van der Waals surface area contributed by atoms with Gasteiger partial charge in [-0.25, -0.2) is 0 Å². The Balaban J connectivity index is 2.44. The molecule has 1 N–H and O–H groups in total. The third-order valence-electron chi connectivity index (χ3n) is 3.12. The summed E-state index contributed by atoms with van der Waals surface area (Å²) in [7, 11) is 0. The highest BCUT2D eigenvalue weighted by atomic mass is 16.5. The van der Waals surface area contributed by atoms with Crippen molar-refractivity contribution in [2.24, 2.45) is 5.92 Å². The van der Waals surface area contributed by atoms with E-state index in [9.17, 15) is 9.59 Å². The van der Waals surface area contributed by atoms with Crippen LogP contribution >= 0.6 is 0 Å². The van der Waals surface area contributed by atoms with E-state index in [1.54, 1.807) is 17.9 Å². The lowest BCUT2D eigenvalue weighted by atomic mass is 9.98. The molecule has 0 aromatic carbocycles. The molecule has 5 nitrogen and oxygen atoms in total. The zero-order valence-electron chi connectivity index (χ0n) is 10.8. The molecule has 1 rings (SSSR count). The van der Waals surface area contributed by atoms with Crippen molar-refractivity contribution in [1.82, 2.24) is 4.90 Å².